The number of nitrogen functional groups attached to an aromatic ring is 1. The number of carboxylic acids is 2. The van der Waals surface area contributed by atoms with Crippen LogP contribution in [0.25, 0.3) is 0 Å². The van der Waals surface area contributed by atoms with Crippen LogP contribution in [0.2, 0.25) is 0 Å². The van der Waals surface area contributed by atoms with Gasteiger partial charge in [0.1, 0.15) is 0 Å². The average molecular weight is 655 g/mol. The molecule has 14 nitrogen and oxygen atoms in total. The fourth-order valence-electron chi connectivity index (χ4n) is 6.34. The zero-order valence-corrected chi connectivity index (χ0v) is 26.5. The number of piperidine rings is 1. The standard InChI is InChI=1S/C26H40N4O4S.C4H6O6/c1-2-9-22-25-23(30(26(22)32)35(33,34)21-13-11-20(27)12-14-21)15-19-29(25)24(31)10-5-3-6-16-28-17-7-4-8-18-28;5-1(3(7)8)2(6)4(9)10/h11-14,22-23,25H,2-10,15-19,27H2,1H3;1-2,5-6H,(H,7,8)(H,9,10)/t22-,23+,25-;/m1./s1. The number of unbranched alkanes of at least 4 members (excludes halogenated alkanes) is 2. The first-order valence-electron chi connectivity index (χ1n) is 15.6. The number of carbonyl (C=O) groups is 4. The largest absolute Gasteiger partial charge is 0.479 e. The van der Waals surface area contributed by atoms with Crippen LogP contribution in [0.3, 0.4) is 0 Å². The molecule has 252 valence electrons. The van der Waals surface area contributed by atoms with E-state index < -0.39 is 46.1 Å². The molecule has 3 aliphatic heterocycles. The van der Waals surface area contributed by atoms with Crippen LogP contribution in [0, 0.1) is 5.92 Å². The second-order valence-electron chi connectivity index (χ2n) is 11.8. The fraction of sp³-hybridized carbons (Fsp3) is 0.667. The lowest BCUT2D eigenvalue weighted by molar-refractivity contribution is -0.165. The Morgan fingerprint density at radius 2 is 1.53 bits per heavy atom. The van der Waals surface area contributed by atoms with E-state index in [0.717, 1.165) is 36.5 Å². The Balaban J connectivity index is 0.000000477. The Labute approximate surface area is 263 Å². The number of benzene rings is 1. The third kappa shape index (κ3) is 8.93. The highest BCUT2D eigenvalue weighted by atomic mass is 32.2. The van der Waals surface area contributed by atoms with Gasteiger partial charge < -0.3 is 36.0 Å². The van der Waals surface area contributed by atoms with Crippen molar-refractivity contribution >= 4 is 39.5 Å². The summed E-state index contributed by atoms with van der Waals surface area (Å²) in [5.74, 6) is -4.34. The van der Waals surface area contributed by atoms with E-state index in [1.165, 1.54) is 56.6 Å². The second kappa shape index (κ2) is 16.3. The van der Waals surface area contributed by atoms with Crippen molar-refractivity contribution in [2.75, 3.05) is 31.9 Å². The zero-order chi connectivity index (χ0) is 33.3. The number of hydrogen-bond acceptors (Lipinski definition) is 10. The summed E-state index contributed by atoms with van der Waals surface area (Å²) >= 11 is 0. The third-order valence-electron chi connectivity index (χ3n) is 8.64. The van der Waals surface area contributed by atoms with Crippen LogP contribution in [0.1, 0.15) is 71.1 Å². The molecular formula is C30H46N4O10S. The van der Waals surface area contributed by atoms with Gasteiger partial charge in [-0.3, -0.25) is 9.59 Å². The summed E-state index contributed by atoms with van der Waals surface area (Å²) in [4.78, 5) is 50.5. The molecule has 15 heteroatoms. The van der Waals surface area contributed by atoms with Crippen LogP contribution in [-0.2, 0) is 29.2 Å². The van der Waals surface area contributed by atoms with Gasteiger partial charge in [-0.05, 0) is 82.4 Å². The molecule has 0 aliphatic carbocycles. The molecule has 1 aromatic carbocycles. The number of carbonyl (C=O) groups excluding carboxylic acids is 2. The molecule has 3 fully saturated rings. The lowest BCUT2D eigenvalue weighted by atomic mass is 9.94. The molecule has 3 aliphatic rings. The number of anilines is 1. The molecule has 2 amide bonds. The lowest BCUT2D eigenvalue weighted by Crippen LogP contribution is -2.43. The first-order chi connectivity index (χ1) is 21.3. The number of hydrogen-bond donors (Lipinski definition) is 5. The molecule has 0 saturated carbocycles. The minimum atomic E-state index is -4.01. The summed E-state index contributed by atoms with van der Waals surface area (Å²) in [6, 6.07) is 5.09. The van der Waals surface area contributed by atoms with Crippen molar-refractivity contribution < 1.29 is 48.0 Å². The zero-order valence-electron chi connectivity index (χ0n) is 25.7. The van der Waals surface area contributed by atoms with Crippen LogP contribution in [0.15, 0.2) is 29.2 Å². The Morgan fingerprint density at radius 3 is 2.09 bits per heavy atom. The number of fused-ring (bicyclic) bond motifs is 1. The topological polar surface area (TPSA) is 219 Å². The summed E-state index contributed by atoms with van der Waals surface area (Å²) in [5.41, 5.74) is 6.19. The molecule has 3 heterocycles. The smallest absolute Gasteiger partial charge is 0.335 e. The Morgan fingerprint density at radius 1 is 0.933 bits per heavy atom. The predicted molar refractivity (Wildman–Crippen MR) is 163 cm³/mol. The first kappa shape index (κ1) is 36.2. The number of likely N-dealkylation sites (tertiary alicyclic amines) is 2. The molecule has 0 radical (unpaired) electrons. The maximum atomic E-state index is 13.5. The van der Waals surface area contributed by atoms with Crippen LogP contribution in [0.4, 0.5) is 5.69 Å². The van der Waals surface area contributed by atoms with Gasteiger partial charge >= 0.3 is 11.9 Å². The highest BCUT2D eigenvalue weighted by molar-refractivity contribution is 7.89. The lowest BCUT2D eigenvalue weighted by Gasteiger charge is -2.28. The van der Waals surface area contributed by atoms with E-state index >= 15 is 0 Å². The number of aliphatic hydroxyl groups excluding tert-OH is 2. The summed E-state index contributed by atoms with van der Waals surface area (Å²) in [5, 5.41) is 32.5. The summed E-state index contributed by atoms with van der Waals surface area (Å²) in [6.07, 6.45) is 4.62. The fourth-order valence-corrected chi connectivity index (χ4v) is 8.01. The van der Waals surface area contributed by atoms with E-state index in [4.69, 9.17) is 26.2 Å². The highest BCUT2D eigenvalue weighted by Gasteiger charge is 2.58. The number of sulfonamides is 1. The van der Waals surface area contributed by atoms with Crippen molar-refractivity contribution in [1.82, 2.24) is 14.1 Å². The minimum absolute atomic E-state index is 0.0520. The molecule has 2 unspecified atom stereocenters. The van der Waals surface area contributed by atoms with Crippen molar-refractivity contribution in [3.63, 3.8) is 0 Å². The number of nitrogens with two attached hydrogens (primary N) is 1. The van der Waals surface area contributed by atoms with Crippen molar-refractivity contribution in [2.45, 2.75) is 100 Å². The number of nitrogens with zero attached hydrogens (tertiary/aromatic N) is 3. The summed E-state index contributed by atoms with van der Waals surface area (Å²) in [7, 11) is -4.01. The molecule has 3 saturated heterocycles. The average Bonchev–Trinajstić information content (AvgIpc) is 3.55. The molecule has 6 N–H and O–H groups in total. The van der Waals surface area contributed by atoms with Gasteiger partial charge in [0.2, 0.25) is 11.8 Å². The van der Waals surface area contributed by atoms with Crippen LogP contribution in [-0.4, -0.2) is 117 Å². The van der Waals surface area contributed by atoms with E-state index in [1.54, 1.807) is 0 Å². The van der Waals surface area contributed by atoms with Gasteiger partial charge in [0.15, 0.2) is 12.2 Å². The predicted octanol–water partition coefficient (Wildman–Crippen LogP) is 1.11. The van der Waals surface area contributed by atoms with E-state index in [1.807, 2.05) is 11.8 Å². The summed E-state index contributed by atoms with van der Waals surface area (Å²) < 4.78 is 28.0. The Kier molecular flexibility index (Phi) is 13.1. The number of aliphatic hydroxyl groups is 2. The normalized spacial score (nSPS) is 23.2. The molecule has 0 bridgehead atoms. The van der Waals surface area contributed by atoms with Crippen LogP contribution >= 0.6 is 0 Å². The minimum Gasteiger partial charge on any atom is -0.479 e. The van der Waals surface area contributed by atoms with E-state index in [0.29, 0.717) is 31.5 Å². The third-order valence-corrected chi connectivity index (χ3v) is 10.5. The number of aliphatic carboxylic acids is 2. The maximum Gasteiger partial charge on any atom is 0.335 e. The van der Waals surface area contributed by atoms with Crippen LogP contribution in [0.5, 0.6) is 0 Å². The molecule has 0 aromatic heterocycles. The van der Waals surface area contributed by atoms with Crippen LogP contribution < -0.4 is 5.73 Å². The van der Waals surface area contributed by atoms with Gasteiger partial charge in [0.25, 0.3) is 10.0 Å². The van der Waals surface area contributed by atoms with Crippen molar-refractivity contribution in [3.05, 3.63) is 24.3 Å². The Hall–Kier alpha value is -3.27. The first-order valence-corrected chi connectivity index (χ1v) is 17.0. The number of carboxylic acid groups (broad SMARTS) is 2. The SMILES string of the molecule is CCC[C@H]1C(=O)N(S(=O)(=O)c2ccc(N)cc2)[C@H]2CCN(C(=O)CCCCCN3CCCCC3)[C@H]12.O=C(O)C(O)C(O)C(=O)O. The quantitative estimate of drug-likeness (QED) is 0.149. The molecule has 1 aromatic rings. The van der Waals surface area contributed by atoms with Crippen molar-refractivity contribution in [3.8, 4) is 0 Å². The van der Waals surface area contributed by atoms with Gasteiger partial charge in [-0.2, -0.15) is 0 Å². The molecule has 5 atom stereocenters. The molecule has 4 rings (SSSR count). The molecule has 45 heavy (non-hydrogen) atoms. The second-order valence-corrected chi connectivity index (χ2v) is 13.6. The van der Waals surface area contributed by atoms with Gasteiger partial charge in [-0.15, -0.1) is 0 Å². The Bertz CT molecular complexity index is 1270. The number of amides is 2. The molecule has 0 spiro atoms. The monoisotopic (exact) mass is 654 g/mol. The van der Waals surface area contributed by atoms with Crippen molar-refractivity contribution in [2.24, 2.45) is 5.92 Å². The van der Waals surface area contributed by atoms with E-state index in [2.05, 4.69) is 4.90 Å². The van der Waals surface area contributed by atoms with Gasteiger partial charge in [0.05, 0.1) is 22.9 Å². The molecular weight excluding hydrogens is 608 g/mol. The van der Waals surface area contributed by atoms with Gasteiger partial charge in [0, 0.05) is 18.7 Å². The van der Waals surface area contributed by atoms with Crippen molar-refractivity contribution in [1.29, 1.82) is 0 Å². The van der Waals surface area contributed by atoms with E-state index in [-0.39, 0.29) is 22.8 Å². The highest BCUT2D eigenvalue weighted by Crippen LogP contribution is 2.42. The number of rotatable bonds is 13. The maximum absolute atomic E-state index is 13.5. The summed E-state index contributed by atoms with van der Waals surface area (Å²) in [6.45, 7) is 5.98. The van der Waals surface area contributed by atoms with E-state index in [9.17, 15) is 27.6 Å². The van der Waals surface area contributed by atoms with Gasteiger partial charge in [-0.25, -0.2) is 22.3 Å². The van der Waals surface area contributed by atoms with Gasteiger partial charge in [-0.1, -0.05) is 26.2 Å².